The third kappa shape index (κ3) is 5.01. The molecule has 154 valence electrons. The summed E-state index contributed by atoms with van der Waals surface area (Å²) in [6, 6.07) is 8.49. The van der Waals surface area contributed by atoms with Crippen LogP contribution in [0.2, 0.25) is 0 Å². The third-order valence-corrected chi connectivity index (χ3v) is 5.01. The number of hydrogen-bond acceptors (Lipinski definition) is 5. The highest BCUT2D eigenvalue weighted by atomic mass is 16.5. The number of nitrogens with one attached hydrogen (secondary N) is 2. The molecule has 0 aromatic heterocycles. The van der Waals surface area contributed by atoms with Gasteiger partial charge in [0, 0.05) is 0 Å². The van der Waals surface area contributed by atoms with Gasteiger partial charge in [0.2, 0.25) is 0 Å². The quantitative estimate of drug-likeness (QED) is 0.591. The molecule has 1 aromatic carbocycles. The lowest BCUT2D eigenvalue weighted by Crippen LogP contribution is -2.42. The minimum absolute atomic E-state index is 0.0512. The number of ether oxygens (including phenoxy) is 1. The van der Waals surface area contributed by atoms with Crippen LogP contribution in [0.1, 0.15) is 45.6 Å². The summed E-state index contributed by atoms with van der Waals surface area (Å²) >= 11 is 0. The maximum atomic E-state index is 13.1. The molecule has 1 aromatic rings. The van der Waals surface area contributed by atoms with E-state index in [0.717, 1.165) is 24.9 Å². The van der Waals surface area contributed by atoms with Crippen LogP contribution in [0.4, 0.5) is 0 Å². The summed E-state index contributed by atoms with van der Waals surface area (Å²) in [6.07, 6.45) is 6.17. The molecule has 2 unspecified atom stereocenters. The molecule has 6 heteroatoms. The van der Waals surface area contributed by atoms with Crippen molar-refractivity contribution in [3.63, 3.8) is 0 Å². The summed E-state index contributed by atoms with van der Waals surface area (Å²) in [6.45, 7) is 5.94. The molecule has 1 amide bonds. The van der Waals surface area contributed by atoms with E-state index in [4.69, 9.17) is 4.74 Å². The maximum absolute atomic E-state index is 13.1. The minimum Gasteiger partial charge on any atom is -0.427 e. The van der Waals surface area contributed by atoms with E-state index >= 15 is 0 Å². The molecular weight excluding hydrogens is 368 g/mol. The van der Waals surface area contributed by atoms with Gasteiger partial charge < -0.3 is 15.4 Å². The van der Waals surface area contributed by atoms with Gasteiger partial charge in [0.25, 0.3) is 5.91 Å². The second-order valence-corrected chi connectivity index (χ2v) is 8.47. The van der Waals surface area contributed by atoms with Crippen LogP contribution in [0, 0.1) is 5.41 Å². The lowest BCUT2D eigenvalue weighted by Gasteiger charge is -2.23. The first kappa shape index (κ1) is 21.0. The van der Waals surface area contributed by atoms with Gasteiger partial charge in [-0.1, -0.05) is 48.9 Å². The van der Waals surface area contributed by atoms with E-state index in [1.165, 1.54) is 0 Å². The molecule has 0 spiro atoms. The lowest BCUT2D eigenvalue weighted by molar-refractivity contribution is -0.148. The van der Waals surface area contributed by atoms with Gasteiger partial charge in [0.1, 0.15) is 11.6 Å². The van der Waals surface area contributed by atoms with Gasteiger partial charge >= 0.3 is 5.97 Å². The average Bonchev–Trinajstić information content (AvgIpc) is 3.01. The zero-order valence-electron chi connectivity index (χ0n) is 17.2. The van der Waals surface area contributed by atoms with Crippen molar-refractivity contribution >= 4 is 23.7 Å². The van der Waals surface area contributed by atoms with Crippen LogP contribution in [-0.2, 0) is 19.1 Å². The van der Waals surface area contributed by atoms with E-state index in [-0.39, 0.29) is 17.1 Å². The summed E-state index contributed by atoms with van der Waals surface area (Å²) in [5.41, 5.74) is 0.130. The van der Waals surface area contributed by atoms with Crippen molar-refractivity contribution in [2.75, 3.05) is 6.54 Å². The lowest BCUT2D eigenvalue weighted by atomic mass is 9.95. The van der Waals surface area contributed by atoms with Gasteiger partial charge in [0.05, 0.1) is 11.5 Å². The van der Waals surface area contributed by atoms with Gasteiger partial charge in [-0.05, 0) is 45.7 Å². The standard InChI is InChI=1S/C23H28N2O4/c1-23(2,3)22(28)29-20-17(13-12-15-9-5-4-6-10-15)25-21(27)18(20)19(26)16-11-7-8-14-24-16/h4-6,9-10,12-13,16-17,24H,7-8,11,14H2,1-3H3,(H,25,27). The van der Waals surface area contributed by atoms with Crippen molar-refractivity contribution in [1.29, 1.82) is 0 Å². The molecule has 0 radical (unpaired) electrons. The number of esters is 1. The Balaban J connectivity index is 1.93. The molecule has 0 bridgehead atoms. The molecule has 0 aliphatic carbocycles. The van der Waals surface area contributed by atoms with E-state index in [9.17, 15) is 14.4 Å². The number of rotatable bonds is 5. The number of carbonyl (C=O) groups excluding carboxylic acids is 3. The highest BCUT2D eigenvalue weighted by Gasteiger charge is 2.41. The summed E-state index contributed by atoms with van der Waals surface area (Å²) in [4.78, 5) is 38.3. The van der Waals surface area contributed by atoms with Gasteiger partial charge in [0.15, 0.2) is 11.5 Å². The molecule has 2 aliphatic rings. The highest BCUT2D eigenvalue weighted by molar-refractivity contribution is 6.23. The van der Waals surface area contributed by atoms with Crippen molar-refractivity contribution in [1.82, 2.24) is 10.6 Å². The van der Waals surface area contributed by atoms with Crippen LogP contribution < -0.4 is 10.6 Å². The Morgan fingerprint density at radius 1 is 1.14 bits per heavy atom. The monoisotopic (exact) mass is 396 g/mol. The van der Waals surface area contributed by atoms with Crippen LogP contribution in [-0.4, -0.2) is 36.3 Å². The first-order valence-corrected chi connectivity index (χ1v) is 10.1. The Labute approximate surface area is 171 Å². The Morgan fingerprint density at radius 3 is 2.48 bits per heavy atom. The number of benzene rings is 1. The summed E-state index contributed by atoms with van der Waals surface area (Å²) in [5.74, 6) is -1.19. The third-order valence-electron chi connectivity index (χ3n) is 5.01. The van der Waals surface area contributed by atoms with Crippen LogP contribution >= 0.6 is 0 Å². The molecule has 2 aliphatic heterocycles. The number of hydrogen-bond donors (Lipinski definition) is 2. The number of piperidine rings is 1. The van der Waals surface area contributed by atoms with E-state index in [0.29, 0.717) is 6.42 Å². The van der Waals surface area contributed by atoms with Gasteiger partial charge in [-0.25, -0.2) is 0 Å². The predicted molar refractivity (Wildman–Crippen MR) is 111 cm³/mol. The molecule has 29 heavy (non-hydrogen) atoms. The van der Waals surface area contributed by atoms with E-state index in [1.54, 1.807) is 26.8 Å². The number of ketones is 1. The van der Waals surface area contributed by atoms with Crippen LogP contribution in [0.25, 0.3) is 6.08 Å². The van der Waals surface area contributed by atoms with Crippen LogP contribution in [0.15, 0.2) is 47.7 Å². The molecular formula is C23H28N2O4. The molecule has 2 heterocycles. The van der Waals surface area contributed by atoms with Gasteiger partial charge in [-0.3, -0.25) is 14.4 Å². The van der Waals surface area contributed by atoms with Crippen LogP contribution in [0.5, 0.6) is 0 Å². The fourth-order valence-corrected chi connectivity index (χ4v) is 3.30. The van der Waals surface area contributed by atoms with E-state index in [1.807, 2.05) is 36.4 Å². The zero-order chi connectivity index (χ0) is 21.0. The number of Topliss-reactive ketones (excluding diaryl/α,β-unsaturated/α-hetero) is 1. The predicted octanol–water partition coefficient (Wildman–Crippen LogP) is 2.75. The van der Waals surface area contributed by atoms with E-state index < -0.39 is 29.4 Å². The van der Waals surface area contributed by atoms with Crippen molar-refractivity contribution in [3.05, 3.63) is 53.3 Å². The minimum atomic E-state index is -0.760. The first-order valence-electron chi connectivity index (χ1n) is 10.1. The summed E-state index contributed by atoms with van der Waals surface area (Å²) in [7, 11) is 0. The summed E-state index contributed by atoms with van der Waals surface area (Å²) in [5, 5.41) is 5.95. The van der Waals surface area contributed by atoms with Gasteiger partial charge in [-0.15, -0.1) is 0 Å². The first-order chi connectivity index (χ1) is 13.8. The molecule has 3 rings (SSSR count). The second kappa shape index (κ2) is 8.74. The summed E-state index contributed by atoms with van der Waals surface area (Å²) < 4.78 is 5.63. The van der Waals surface area contributed by atoms with Crippen LogP contribution in [0.3, 0.4) is 0 Å². The maximum Gasteiger partial charge on any atom is 0.316 e. The molecule has 6 nitrogen and oxygen atoms in total. The highest BCUT2D eigenvalue weighted by Crippen LogP contribution is 2.27. The molecule has 1 fully saturated rings. The molecule has 2 atom stereocenters. The molecule has 1 saturated heterocycles. The Bertz CT molecular complexity index is 843. The van der Waals surface area contributed by atoms with E-state index in [2.05, 4.69) is 10.6 Å². The smallest absolute Gasteiger partial charge is 0.316 e. The molecule has 0 saturated carbocycles. The number of amides is 1. The number of carbonyl (C=O) groups is 3. The molecule has 2 N–H and O–H groups in total. The SMILES string of the molecule is CC(C)(C)C(=O)OC1=C(C(=O)C2CCCCN2)C(=O)NC1C=Cc1ccccc1. The second-order valence-electron chi connectivity index (χ2n) is 8.47. The fraction of sp³-hybridized carbons (Fsp3) is 0.435. The van der Waals surface area contributed by atoms with Crippen molar-refractivity contribution in [3.8, 4) is 0 Å². The zero-order valence-corrected chi connectivity index (χ0v) is 17.2. The Kier molecular flexibility index (Phi) is 6.33. The van der Waals surface area contributed by atoms with Gasteiger partial charge in [-0.2, -0.15) is 0 Å². The average molecular weight is 396 g/mol. The largest absolute Gasteiger partial charge is 0.427 e. The normalized spacial score (nSPS) is 22.7. The fourth-order valence-electron chi connectivity index (χ4n) is 3.30. The Morgan fingerprint density at radius 2 is 1.86 bits per heavy atom. The Hall–Kier alpha value is -2.73. The van der Waals surface area contributed by atoms with Crippen molar-refractivity contribution in [2.45, 2.75) is 52.1 Å². The van der Waals surface area contributed by atoms with Crippen molar-refractivity contribution < 1.29 is 19.1 Å². The topological polar surface area (TPSA) is 84.5 Å². The van der Waals surface area contributed by atoms with Crippen molar-refractivity contribution in [2.24, 2.45) is 5.41 Å².